The number of aliphatic hydroxyl groups excluding tert-OH is 2. The van der Waals surface area contributed by atoms with Crippen LogP contribution < -0.4 is 4.74 Å². The van der Waals surface area contributed by atoms with Crippen LogP contribution in [0.4, 0.5) is 0 Å². The quantitative estimate of drug-likeness (QED) is 0.487. The van der Waals surface area contributed by atoms with Crippen LogP contribution in [-0.4, -0.2) is 29.0 Å². The first-order chi connectivity index (χ1) is 16.3. The molecule has 0 heterocycles. The number of para-hydroxylation sites is 1. The molecule has 11 atom stereocenters. The molecule has 0 aliphatic heterocycles. The first-order valence-corrected chi connectivity index (χ1v) is 14.3. The van der Waals surface area contributed by atoms with Gasteiger partial charge in [0.1, 0.15) is 5.75 Å². The Morgan fingerprint density at radius 1 is 0.941 bits per heavy atom. The predicted octanol–water partition coefficient (Wildman–Crippen LogP) is 6.72. The zero-order valence-corrected chi connectivity index (χ0v) is 22.0. The van der Waals surface area contributed by atoms with E-state index >= 15 is 0 Å². The molecule has 0 radical (unpaired) electrons. The molecule has 3 heteroatoms. The molecule has 3 unspecified atom stereocenters. The van der Waals surface area contributed by atoms with Gasteiger partial charge in [0.05, 0.1) is 18.8 Å². The van der Waals surface area contributed by atoms with Crippen LogP contribution in [-0.2, 0) is 0 Å². The van der Waals surface area contributed by atoms with Crippen LogP contribution in [0.2, 0.25) is 0 Å². The zero-order valence-electron chi connectivity index (χ0n) is 22.0. The van der Waals surface area contributed by atoms with Crippen molar-refractivity contribution in [1.29, 1.82) is 0 Å². The lowest BCUT2D eigenvalue weighted by Crippen LogP contribution is -2.62. The molecular formula is C31H48O3. The Kier molecular flexibility index (Phi) is 6.83. The molecule has 1 aromatic rings. The van der Waals surface area contributed by atoms with E-state index < -0.39 is 0 Å². The highest BCUT2D eigenvalue weighted by Crippen LogP contribution is 2.69. The predicted molar refractivity (Wildman–Crippen MR) is 137 cm³/mol. The third-order valence-electron chi connectivity index (χ3n) is 11.7. The van der Waals surface area contributed by atoms with Crippen molar-refractivity contribution >= 4 is 0 Å². The summed E-state index contributed by atoms with van der Waals surface area (Å²) in [6.45, 7) is 10.6. The Morgan fingerprint density at radius 3 is 2.38 bits per heavy atom. The summed E-state index contributed by atoms with van der Waals surface area (Å²) >= 11 is 0. The van der Waals surface area contributed by atoms with Gasteiger partial charge in [-0.05, 0) is 116 Å². The van der Waals surface area contributed by atoms with Crippen LogP contribution in [0.15, 0.2) is 30.3 Å². The zero-order chi connectivity index (χ0) is 24.1. The summed E-state index contributed by atoms with van der Waals surface area (Å²) in [6.07, 6.45) is 9.93. The minimum absolute atomic E-state index is 0.167. The van der Waals surface area contributed by atoms with Gasteiger partial charge in [0.2, 0.25) is 0 Å². The van der Waals surface area contributed by atoms with Gasteiger partial charge < -0.3 is 14.9 Å². The smallest absolute Gasteiger partial charge is 0.119 e. The minimum atomic E-state index is -0.196. The topological polar surface area (TPSA) is 49.7 Å². The summed E-state index contributed by atoms with van der Waals surface area (Å²) in [5, 5.41) is 22.4. The molecule has 0 spiro atoms. The van der Waals surface area contributed by atoms with E-state index in [0.717, 1.165) is 50.4 Å². The number of fused-ring (bicyclic) bond motifs is 5. The minimum Gasteiger partial charge on any atom is -0.494 e. The van der Waals surface area contributed by atoms with Crippen molar-refractivity contribution in [2.24, 2.45) is 52.3 Å². The molecule has 2 N–H and O–H groups in total. The molecule has 4 aliphatic carbocycles. The van der Waals surface area contributed by atoms with Gasteiger partial charge in [0.15, 0.2) is 0 Å². The van der Waals surface area contributed by atoms with Crippen molar-refractivity contribution in [2.45, 2.75) is 97.7 Å². The Balaban J connectivity index is 1.32. The SMILES string of the molecule is CC[C@H]1[C@@H](O)C2C3CC[C@H]([C@H](C)CCOc4ccccc4)[C@@]3(C)CCC2[C@@]2(C)CC[C@@H](O)C[C@@H]12. The molecular weight excluding hydrogens is 420 g/mol. The van der Waals surface area contributed by atoms with Crippen molar-refractivity contribution in [1.82, 2.24) is 0 Å². The Labute approximate surface area is 207 Å². The summed E-state index contributed by atoms with van der Waals surface area (Å²) in [6, 6.07) is 10.2. The fourth-order valence-corrected chi connectivity index (χ4v) is 10.0. The molecule has 0 aromatic heterocycles. The van der Waals surface area contributed by atoms with Gasteiger partial charge in [-0.2, -0.15) is 0 Å². The van der Waals surface area contributed by atoms with E-state index in [1.54, 1.807) is 0 Å². The van der Waals surface area contributed by atoms with Crippen LogP contribution >= 0.6 is 0 Å². The molecule has 0 saturated heterocycles. The molecule has 4 aliphatic rings. The summed E-state index contributed by atoms with van der Waals surface area (Å²) in [5.74, 6) is 4.88. The molecule has 190 valence electrons. The average molecular weight is 469 g/mol. The maximum atomic E-state index is 11.9. The van der Waals surface area contributed by atoms with E-state index in [-0.39, 0.29) is 12.2 Å². The van der Waals surface area contributed by atoms with Crippen molar-refractivity contribution in [2.75, 3.05) is 6.61 Å². The number of aliphatic hydroxyl groups is 2. The lowest BCUT2D eigenvalue weighted by atomic mass is 9.41. The van der Waals surface area contributed by atoms with E-state index in [2.05, 4.69) is 27.7 Å². The van der Waals surface area contributed by atoms with Gasteiger partial charge in [-0.25, -0.2) is 0 Å². The largest absolute Gasteiger partial charge is 0.494 e. The normalized spacial score (nSPS) is 46.8. The van der Waals surface area contributed by atoms with E-state index in [9.17, 15) is 10.2 Å². The lowest BCUT2D eigenvalue weighted by Gasteiger charge is -2.64. The van der Waals surface area contributed by atoms with Crippen molar-refractivity contribution in [3.05, 3.63) is 30.3 Å². The first-order valence-electron chi connectivity index (χ1n) is 14.3. The van der Waals surface area contributed by atoms with Gasteiger partial charge in [-0.15, -0.1) is 0 Å². The molecule has 0 amide bonds. The van der Waals surface area contributed by atoms with Crippen molar-refractivity contribution < 1.29 is 14.9 Å². The highest BCUT2D eigenvalue weighted by molar-refractivity contribution is 5.21. The second-order valence-electron chi connectivity index (χ2n) is 13.0. The molecule has 4 fully saturated rings. The molecule has 4 saturated carbocycles. The second kappa shape index (κ2) is 9.43. The lowest BCUT2D eigenvalue weighted by molar-refractivity contribution is -0.203. The number of ether oxygens (including phenoxy) is 1. The third kappa shape index (κ3) is 3.94. The molecule has 34 heavy (non-hydrogen) atoms. The third-order valence-corrected chi connectivity index (χ3v) is 11.7. The monoisotopic (exact) mass is 468 g/mol. The van der Waals surface area contributed by atoms with Crippen LogP contribution in [0.3, 0.4) is 0 Å². The van der Waals surface area contributed by atoms with Gasteiger partial charge in [0.25, 0.3) is 0 Å². The highest BCUT2D eigenvalue weighted by atomic mass is 16.5. The van der Waals surface area contributed by atoms with E-state index in [1.807, 2.05) is 30.3 Å². The average Bonchev–Trinajstić information content (AvgIpc) is 3.18. The van der Waals surface area contributed by atoms with Gasteiger partial charge in [-0.1, -0.05) is 52.3 Å². The summed E-state index contributed by atoms with van der Waals surface area (Å²) in [7, 11) is 0. The maximum Gasteiger partial charge on any atom is 0.119 e. The number of benzene rings is 1. The second-order valence-corrected chi connectivity index (χ2v) is 13.0. The Hall–Kier alpha value is -1.06. The highest BCUT2D eigenvalue weighted by Gasteiger charge is 2.64. The van der Waals surface area contributed by atoms with Crippen molar-refractivity contribution in [3.8, 4) is 5.75 Å². The Bertz CT molecular complexity index is 825. The number of rotatable bonds is 6. The first kappa shape index (κ1) is 24.6. The van der Waals surface area contributed by atoms with Gasteiger partial charge >= 0.3 is 0 Å². The number of hydrogen-bond donors (Lipinski definition) is 2. The van der Waals surface area contributed by atoms with Crippen LogP contribution in [0.25, 0.3) is 0 Å². The fraction of sp³-hybridized carbons (Fsp3) is 0.806. The molecule has 3 nitrogen and oxygen atoms in total. The summed E-state index contributed by atoms with van der Waals surface area (Å²) in [4.78, 5) is 0. The van der Waals surface area contributed by atoms with E-state index in [0.29, 0.717) is 46.3 Å². The fourth-order valence-electron chi connectivity index (χ4n) is 10.0. The molecule has 5 rings (SSSR count). The van der Waals surface area contributed by atoms with Gasteiger partial charge in [0, 0.05) is 0 Å². The van der Waals surface area contributed by atoms with Crippen LogP contribution in [0, 0.1) is 52.3 Å². The summed E-state index contributed by atoms with van der Waals surface area (Å²) < 4.78 is 6.06. The van der Waals surface area contributed by atoms with E-state index in [4.69, 9.17) is 4.74 Å². The van der Waals surface area contributed by atoms with Crippen molar-refractivity contribution in [3.63, 3.8) is 0 Å². The Morgan fingerprint density at radius 2 is 1.65 bits per heavy atom. The summed E-state index contributed by atoms with van der Waals surface area (Å²) in [5.41, 5.74) is 0.627. The van der Waals surface area contributed by atoms with E-state index in [1.165, 1.54) is 25.7 Å². The molecule has 0 bridgehead atoms. The standard InChI is InChI=1S/C31H48O3/c1-5-23-27-19-21(32)13-16-31(27,4)26-14-17-30(3)24(11-12-25(30)28(26)29(23)33)20(2)15-18-34-22-9-7-6-8-10-22/h6-10,20-21,23-29,32-33H,5,11-19H2,1-4H3/t20-,21-,23-,24-,25?,26?,27+,28?,29-,30-,31-/m1/s1. The van der Waals surface area contributed by atoms with Gasteiger partial charge in [-0.3, -0.25) is 0 Å². The maximum absolute atomic E-state index is 11.9. The molecule has 1 aromatic carbocycles. The van der Waals surface area contributed by atoms with Crippen LogP contribution in [0.1, 0.15) is 85.5 Å². The van der Waals surface area contributed by atoms with Crippen LogP contribution in [0.5, 0.6) is 5.75 Å². The number of hydrogen-bond acceptors (Lipinski definition) is 3.